The maximum absolute atomic E-state index is 4.62. The molecule has 0 N–H and O–H groups in total. The first kappa shape index (κ1) is 48.0. The van der Waals surface area contributed by atoms with Crippen LogP contribution in [0.15, 0.2) is 102 Å². The number of pyridine rings is 2. The number of hydrogen-bond acceptors (Lipinski definition) is 2. The third kappa shape index (κ3) is 14.9. The topological polar surface area (TPSA) is 25.8 Å². The summed E-state index contributed by atoms with van der Waals surface area (Å²) in [6.45, 7) is 34.1. The minimum atomic E-state index is -1.61. The van der Waals surface area contributed by atoms with Crippen LogP contribution in [-0.2, 0) is 0 Å². The molecule has 0 unspecified atom stereocenters. The Morgan fingerprint density at radius 2 is 0.940 bits per heavy atom. The van der Waals surface area contributed by atoms with Crippen LogP contribution in [0.1, 0.15) is 103 Å². The van der Waals surface area contributed by atoms with Crippen molar-refractivity contribution in [2.24, 2.45) is 23.7 Å². The van der Waals surface area contributed by atoms with E-state index in [1.807, 2.05) is 36.5 Å². The molecule has 0 aliphatic rings. The maximum atomic E-state index is 4.62. The normalized spacial score (nSPS) is 11.2. The van der Waals surface area contributed by atoms with Gasteiger partial charge in [0.1, 0.15) is 0 Å². The summed E-state index contributed by atoms with van der Waals surface area (Å²) >= 11 is 3.42. The van der Waals surface area contributed by atoms with Crippen molar-refractivity contribution < 1.29 is 18.9 Å². The standard InChI is InChI=1S/C20H29NSi.C11H8BrN.C10H22.C4H9.Li/c1-15(2)22(16(3)4,17(5)6)19-12-13-21-20(14-19)18-10-8-7-9-11-18;12-10-6-7-13-11(8-10)9-4-2-1-3-5-9;1-7(2)10(8(3)4)9(5)6;1-3-4-2;/h7-17H,1-6H3;1-8H;7-10H,1-6H3;1,3-4H2,2H3;/q;;;-1;+1. The fraction of sp³-hybridized carbons (Fsp3) is 0.489. The Bertz CT molecular complexity index is 1380. The molecule has 270 valence electrons. The van der Waals surface area contributed by atoms with Gasteiger partial charge in [-0.05, 0) is 64.6 Å². The van der Waals surface area contributed by atoms with Gasteiger partial charge in [0.25, 0.3) is 0 Å². The maximum Gasteiger partial charge on any atom is 1.00 e. The number of unbranched alkanes of at least 4 members (excludes halogenated alkanes) is 1. The summed E-state index contributed by atoms with van der Waals surface area (Å²) < 4.78 is 1.06. The minimum Gasteiger partial charge on any atom is -0.343 e. The van der Waals surface area contributed by atoms with E-state index in [1.54, 1.807) is 11.4 Å². The minimum absolute atomic E-state index is 0. The van der Waals surface area contributed by atoms with Crippen molar-refractivity contribution in [2.75, 3.05) is 0 Å². The molecular formula is C45H68BrLiN2Si. The molecule has 50 heavy (non-hydrogen) atoms. The molecule has 2 heterocycles. The Kier molecular flexibility index (Phi) is 24.1. The van der Waals surface area contributed by atoms with Gasteiger partial charge in [-0.2, -0.15) is 6.42 Å². The molecule has 0 aliphatic carbocycles. The van der Waals surface area contributed by atoms with Gasteiger partial charge in [-0.25, -0.2) is 0 Å². The van der Waals surface area contributed by atoms with Crippen LogP contribution in [0.5, 0.6) is 0 Å². The van der Waals surface area contributed by atoms with Crippen LogP contribution in [0.25, 0.3) is 22.5 Å². The number of nitrogens with zero attached hydrogens (tertiary/aromatic N) is 2. The van der Waals surface area contributed by atoms with E-state index in [0.717, 1.165) is 68.1 Å². The Hall–Kier alpha value is -1.97. The Morgan fingerprint density at radius 3 is 1.24 bits per heavy atom. The molecule has 0 amide bonds. The van der Waals surface area contributed by atoms with Crippen LogP contribution >= 0.6 is 15.9 Å². The number of rotatable bonds is 10. The summed E-state index contributed by atoms with van der Waals surface area (Å²) in [6, 6.07) is 29.2. The first-order valence-electron chi connectivity index (χ1n) is 18.6. The van der Waals surface area contributed by atoms with E-state index in [9.17, 15) is 0 Å². The van der Waals surface area contributed by atoms with E-state index in [2.05, 4.69) is 177 Å². The number of aromatic nitrogens is 2. The van der Waals surface area contributed by atoms with Gasteiger partial charge in [0, 0.05) is 28.0 Å². The number of hydrogen-bond donors (Lipinski definition) is 0. The molecule has 5 heteroatoms. The molecule has 0 spiro atoms. The summed E-state index contributed by atoms with van der Waals surface area (Å²) in [4.78, 5) is 8.90. The van der Waals surface area contributed by atoms with Crippen LogP contribution < -0.4 is 24.0 Å². The quantitative estimate of drug-likeness (QED) is 0.119. The van der Waals surface area contributed by atoms with Crippen molar-refractivity contribution in [1.82, 2.24) is 9.97 Å². The molecule has 2 aromatic carbocycles. The van der Waals surface area contributed by atoms with Gasteiger partial charge in [0.15, 0.2) is 0 Å². The van der Waals surface area contributed by atoms with E-state index in [4.69, 9.17) is 0 Å². The molecule has 4 aromatic rings. The molecule has 0 atom stereocenters. The van der Waals surface area contributed by atoms with Gasteiger partial charge < -0.3 is 6.92 Å². The third-order valence-electron chi connectivity index (χ3n) is 9.65. The first-order valence-corrected chi connectivity index (χ1v) is 21.6. The average Bonchev–Trinajstić information content (AvgIpc) is 3.05. The van der Waals surface area contributed by atoms with Crippen molar-refractivity contribution in [3.63, 3.8) is 0 Å². The largest absolute Gasteiger partial charge is 1.00 e. The van der Waals surface area contributed by atoms with Gasteiger partial charge in [0.05, 0.1) is 19.5 Å². The van der Waals surface area contributed by atoms with Gasteiger partial charge >= 0.3 is 18.9 Å². The van der Waals surface area contributed by atoms with Crippen molar-refractivity contribution >= 4 is 29.2 Å². The second-order valence-electron chi connectivity index (χ2n) is 15.1. The van der Waals surface area contributed by atoms with Crippen LogP contribution in [0, 0.1) is 30.6 Å². The third-order valence-corrected chi connectivity index (χ3v) is 17.2. The van der Waals surface area contributed by atoms with Gasteiger partial charge in [-0.1, -0.05) is 178 Å². The smallest absolute Gasteiger partial charge is 0.343 e. The van der Waals surface area contributed by atoms with Crippen LogP contribution in [0.3, 0.4) is 0 Å². The predicted octanol–water partition coefficient (Wildman–Crippen LogP) is 11.3. The van der Waals surface area contributed by atoms with E-state index >= 15 is 0 Å². The molecule has 0 fully saturated rings. The van der Waals surface area contributed by atoms with Gasteiger partial charge in [-0.3, -0.25) is 9.97 Å². The fourth-order valence-corrected chi connectivity index (χ4v) is 15.0. The van der Waals surface area contributed by atoms with Crippen molar-refractivity contribution in [3.8, 4) is 22.5 Å². The fourth-order valence-electron chi connectivity index (χ4n) is 7.95. The molecule has 0 saturated heterocycles. The second kappa shape index (κ2) is 25.1. The number of benzene rings is 2. The zero-order chi connectivity index (χ0) is 37.1. The van der Waals surface area contributed by atoms with E-state index in [1.165, 1.54) is 12.0 Å². The summed E-state index contributed by atoms with van der Waals surface area (Å²) in [5.74, 6) is 3.39. The van der Waals surface area contributed by atoms with Crippen molar-refractivity contribution in [3.05, 3.63) is 109 Å². The van der Waals surface area contributed by atoms with Crippen molar-refractivity contribution in [1.29, 1.82) is 0 Å². The molecular weight excluding hydrogens is 683 g/mol. The van der Waals surface area contributed by atoms with Crippen molar-refractivity contribution in [2.45, 2.75) is 119 Å². The van der Waals surface area contributed by atoms with Crippen LogP contribution in [0.2, 0.25) is 16.6 Å². The van der Waals surface area contributed by atoms with Gasteiger partial charge in [0.2, 0.25) is 0 Å². The Balaban J connectivity index is 0.000000730. The SMILES string of the molecule is Brc1ccnc(-c2ccccc2)c1.CC(C)C(C(C)C)C(C)C.CC(C)[Si](c1ccnc(-c2ccccc2)c1)(C(C)C)C(C)C.[CH2-]CCC.[Li+]. The van der Waals surface area contributed by atoms with Crippen LogP contribution in [-0.4, -0.2) is 18.0 Å². The first-order chi connectivity index (χ1) is 23.1. The van der Waals surface area contributed by atoms with Gasteiger partial charge in [-0.15, -0.1) is 0 Å². The zero-order valence-electron chi connectivity index (χ0n) is 34.2. The molecule has 2 nitrogen and oxygen atoms in total. The molecule has 0 radical (unpaired) electrons. The van der Waals surface area contributed by atoms with E-state index < -0.39 is 8.07 Å². The summed E-state index contributed by atoms with van der Waals surface area (Å²) in [5, 5.41) is 1.56. The predicted molar refractivity (Wildman–Crippen MR) is 226 cm³/mol. The molecule has 2 aromatic heterocycles. The monoisotopic (exact) mass is 750 g/mol. The molecule has 0 aliphatic heterocycles. The number of halogens is 1. The second-order valence-corrected chi connectivity index (χ2v) is 21.9. The Morgan fingerprint density at radius 1 is 0.580 bits per heavy atom. The Labute approximate surface area is 330 Å². The molecule has 0 saturated carbocycles. The van der Waals surface area contributed by atoms with E-state index in [-0.39, 0.29) is 18.9 Å². The summed E-state index contributed by atoms with van der Waals surface area (Å²) in [5.41, 5.74) is 6.62. The van der Waals surface area contributed by atoms with E-state index in [0.29, 0.717) is 0 Å². The zero-order valence-corrected chi connectivity index (χ0v) is 36.8. The molecule has 0 bridgehead atoms. The van der Waals surface area contributed by atoms with Crippen LogP contribution in [0.4, 0.5) is 0 Å². The average molecular weight is 752 g/mol. The summed E-state index contributed by atoms with van der Waals surface area (Å²) in [6.07, 6.45) is 6.08. The molecule has 4 rings (SSSR count). The summed E-state index contributed by atoms with van der Waals surface area (Å²) in [7, 11) is -1.61.